The molecule has 2 aliphatic carbocycles. The second-order valence-corrected chi connectivity index (χ2v) is 12.8. The molecule has 0 saturated heterocycles. The number of rotatable bonds is 4. The van der Waals surface area contributed by atoms with E-state index < -0.39 is 0 Å². The summed E-state index contributed by atoms with van der Waals surface area (Å²) in [5.41, 5.74) is 9.03. The van der Waals surface area contributed by atoms with Crippen molar-refractivity contribution in [2.75, 3.05) is 0 Å². The van der Waals surface area contributed by atoms with Crippen LogP contribution in [0.2, 0.25) is 0 Å². The smallest absolute Gasteiger partial charge is 0.160 e. The van der Waals surface area contributed by atoms with Gasteiger partial charge in [-0.3, -0.25) is 4.98 Å². The van der Waals surface area contributed by atoms with Gasteiger partial charge in [-0.25, -0.2) is 9.97 Å². The average Bonchev–Trinajstić information content (AvgIpc) is 3.14. The molecule has 0 amide bonds. The maximum atomic E-state index is 5.37. The van der Waals surface area contributed by atoms with Gasteiger partial charge in [-0.2, -0.15) is 0 Å². The number of allylic oxidation sites excluding steroid dienone is 5. The van der Waals surface area contributed by atoms with E-state index in [-0.39, 0.29) is 11.8 Å². The Balaban J connectivity index is 1.29. The number of pyridine rings is 1. The highest BCUT2D eigenvalue weighted by molar-refractivity contribution is 6.13. The van der Waals surface area contributed by atoms with Crippen molar-refractivity contribution in [3.05, 3.63) is 162 Å². The van der Waals surface area contributed by atoms with Crippen LogP contribution in [0, 0.1) is 5.92 Å². The minimum absolute atomic E-state index is 0.214. The zero-order valence-corrected chi connectivity index (χ0v) is 26.3. The summed E-state index contributed by atoms with van der Waals surface area (Å²) in [6.45, 7) is 2.26. The Bertz CT molecular complexity index is 2430. The Kier molecular flexibility index (Phi) is 6.64. The van der Waals surface area contributed by atoms with Gasteiger partial charge in [0.25, 0.3) is 0 Å². The van der Waals surface area contributed by atoms with Gasteiger partial charge in [-0.15, -0.1) is 0 Å². The third kappa shape index (κ3) is 4.78. The fraction of sp³-hybridized carbons (Fsp3) is 0.114. The molecule has 3 heteroatoms. The van der Waals surface area contributed by atoms with E-state index in [9.17, 15) is 0 Å². The summed E-state index contributed by atoms with van der Waals surface area (Å²) >= 11 is 0. The molecule has 5 aromatic carbocycles. The van der Waals surface area contributed by atoms with Gasteiger partial charge in [0.2, 0.25) is 0 Å². The molecule has 0 spiro atoms. The van der Waals surface area contributed by atoms with Crippen molar-refractivity contribution in [1.82, 2.24) is 15.0 Å². The molecule has 9 rings (SSSR count). The normalized spacial score (nSPS) is 17.3. The molecule has 47 heavy (non-hydrogen) atoms. The van der Waals surface area contributed by atoms with Crippen LogP contribution in [-0.2, 0) is 6.42 Å². The molecule has 0 saturated carbocycles. The highest BCUT2D eigenvalue weighted by Gasteiger charge is 2.24. The Morgan fingerprint density at radius 2 is 1.32 bits per heavy atom. The van der Waals surface area contributed by atoms with Crippen LogP contribution in [0.1, 0.15) is 41.9 Å². The van der Waals surface area contributed by atoms with E-state index in [1.54, 1.807) is 0 Å². The molecule has 2 aromatic heterocycles. The van der Waals surface area contributed by atoms with Crippen molar-refractivity contribution in [2.45, 2.75) is 25.7 Å². The van der Waals surface area contributed by atoms with Gasteiger partial charge in [-0.1, -0.05) is 116 Å². The minimum atomic E-state index is 0.214. The average molecular weight is 604 g/mol. The molecule has 3 nitrogen and oxygen atoms in total. The lowest BCUT2D eigenvalue weighted by Gasteiger charge is -2.23. The number of hydrogen-bond acceptors (Lipinski definition) is 3. The van der Waals surface area contributed by atoms with Crippen molar-refractivity contribution in [3.8, 4) is 22.5 Å². The lowest BCUT2D eigenvalue weighted by molar-refractivity contribution is 0.622. The zero-order chi connectivity index (χ0) is 31.3. The van der Waals surface area contributed by atoms with Crippen LogP contribution in [-0.4, -0.2) is 15.0 Å². The lowest BCUT2D eigenvalue weighted by atomic mass is 9.84. The van der Waals surface area contributed by atoms with Crippen molar-refractivity contribution in [2.24, 2.45) is 5.92 Å². The maximum absolute atomic E-state index is 5.37. The van der Waals surface area contributed by atoms with Crippen LogP contribution in [0.4, 0.5) is 0 Å². The van der Waals surface area contributed by atoms with Gasteiger partial charge in [0.15, 0.2) is 5.82 Å². The summed E-state index contributed by atoms with van der Waals surface area (Å²) in [6.07, 6.45) is 15.3. The van der Waals surface area contributed by atoms with E-state index in [0.29, 0.717) is 0 Å². The van der Waals surface area contributed by atoms with Crippen LogP contribution >= 0.6 is 0 Å². The summed E-state index contributed by atoms with van der Waals surface area (Å²) in [4.78, 5) is 15.4. The maximum Gasteiger partial charge on any atom is 0.160 e. The molecule has 0 bridgehead atoms. The Morgan fingerprint density at radius 3 is 2.11 bits per heavy atom. The standard InChI is InChI=1S/C44H33N3/c1-28-24-31(21-22-32(28)41-20-10-11-23-45-41)44-46-42(39-25-29-12-2-4-14-33(29)35-16-6-8-18-37(35)39)27-43(47-44)40-26-30-13-3-5-15-34(30)36-17-7-9-19-38(36)40/h2-8,10-18,20-28,32H,9,19H2,1H3/t28-,32?/m0/s1. The van der Waals surface area contributed by atoms with E-state index >= 15 is 0 Å². The number of fused-ring (bicyclic) bond motifs is 6. The van der Waals surface area contributed by atoms with E-state index in [2.05, 4.69) is 145 Å². The van der Waals surface area contributed by atoms with E-state index in [0.717, 1.165) is 46.9 Å². The van der Waals surface area contributed by atoms with E-state index in [4.69, 9.17) is 9.97 Å². The topological polar surface area (TPSA) is 38.7 Å². The molecule has 224 valence electrons. The van der Waals surface area contributed by atoms with Gasteiger partial charge in [0, 0.05) is 34.5 Å². The first-order chi connectivity index (χ1) is 23.2. The summed E-state index contributed by atoms with van der Waals surface area (Å²) in [5, 5.41) is 7.42. The molecule has 0 aliphatic heterocycles. The van der Waals surface area contributed by atoms with Crippen molar-refractivity contribution < 1.29 is 0 Å². The fourth-order valence-electron chi connectivity index (χ4n) is 7.57. The molecule has 0 N–H and O–H groups in total. The molecule has 2 aliphatic rings. The summed E-state index contributed by atoms with van der Waals surface area (Å²) < 4.78 is 0. The Labute approximate surface area is 274 Å². The second-order valence-electron chi connectivity index (χ2n) is 12.8. The van der Waals surface area contributed by atoms with Crippen LogP contribution < -0.4 is 0 Å². The SMILES string of the molecule is C[C@H]1C=C(c2nc(-c3cc4ccccc4c4c3CCC=C4)cc(-c3cc4ccccc4c4ccccc34)n2)C=CC1c1ccccn1. The molecular formula is C44H33N3. The molecule has 7 aromatic rings. The lowest BCUT2D eigenvalue weighted by Crippen LogP contribution is -2.11. The summed E-state index contributed by atoms with van der Waals surface area (Å²) in [7, 11) is 0. The first-order valence-electron chi connectivity index (χ1n) is 16.5. The highest BCUT2D eigenvalue weighted by atomic mass is 14.9. The fourth-order valence-corrected chi connectivity index (χ4v) is 7.57. The third-order valence-corrected chi connectivity index (χ3v) is 9.87. The molecular weight excluding hydrogens is 571 g/mol. The number of nitrogens with zero attached hydrogens (tertiary/aromatic N) is 3. The molecule has 0 radical (unpaired) electrons. The molecule has 2 heterocycles. The predicted octanol–water partition coefficient (Wildman–Crippen LogP) is 11.0. The minimum Gasteiger partial charge on any atom is -0.261 e. The Morgan fingerprint density at radius 1 is 0.638 bits per heavy atom. The van der Waals surface area contributed by atoms with Gasteiger partial charge in [0.05, 0.1) is 11.4 Å². The summed E-state index contributed by atoms with van der Waals surface area (Å²) in [5.74, 6) is 1.22. The van der Waals surface area contributed by atoms with Gasteiger partial charge < -0.3 is 0 Å². The van der Waals surface area contributed by atoms with E-state index in [1.807, 2.05) is 12.3 Å². The summed E-state index contributed by atoms with van der Waals surface area (Å²) in [6, 6.07) is 39.1. The second kappa shape index (κ2) is 11.3. The third-order valence-electron chi connectivity index (χ3n) is 9.87. The first-order valence-corrected chi connectivity index (χ1v) is 16.5. The van der Waals surface area contributed by atoms with Crippen LogP contribution in [0.25, 0.3) is 66.5 Å². The van der Waals surface area contributed by atoms with Gasteiger partial charge >= 0.3 is 0 Å². The predicted molar refractivity (Wildman–Crippen MR) is 196 cm³/mol. The highest BCUT2D eigenvalue weighted by Crippen LogP contribution is 2.40. The largest absolute Gasteiger partial charge is 0.261 e. The van der Waals surface area contributed by atoms with Crippen LogP contribution in [0.3, 0.4) is 0 Å². The molecule has 1 unspecified atom stereocenters. The monoisotopic (exact) mass is 603 g/mol. The van der Waals surface area contributed by atoms with E-state index in [1.165, 1.54) is 49.0 Å². The van der Waals surface area contributed by atoms with Gasteiger partial charge in [0.1, 0.15) is 0 Å². The zero-order valence-electron chi connectivity index (χ0n) is 26.3. The molecule has 2 atom stereocenters. The van der Waals surface area contributed by atoms with Gasteiger partial charge in [-0.05, 0) is 92.5 Å². The van der Waals surface area contributed by atoms with Crippen LogP contribution in [0.15, 0.2) is 140 Å². The van der Waals surface area contributed by atoms with Crippen molar-refractivity contribution >= 4 is 44.0 Å². The quantitative estimate of drug-likeness (QED) is 0.188. The number of hydrogen-bond donors (Lipinski definition) is 0. The Hall–Kier alpha value is -5.67. The number of aromatic nitrogens is 3. The van der Waals surface area contributed by atoms with Crippen molar-refractivity contribution in [3.63, 3.8) is 0 Å². The van der Waals surface area contributed by atoms with Crippen LogP contribution in [0.5, 0.6) is 0 Å². The first kappa shape index (κ1) is 27.6. The molecule has 0 fully saturated rings. The van der Waals surface area contributed by atoms with Crippen molar-refractivity contribution in [1.29, 1.82) is 0 Å². The number of benzene rings is 5.